The molecule has 0 unspecified atom stereocenters. The smallest absolute Gasteiger partial charge is 0.129 e. The number of ether oxygens (including phenoxy) is 1. The normalized spacial score (nSPS) is 25.7. The number of methoxy groups -OCH3 is 1. The maximum absolute atomic E-state index is 9.91. The highest BCUT2D eigenvalue weighted by Crippen LogP contribution is 2.28. The molecular weight excluding hydrogens is 284 g/mol. The van der Waals surface area contributed by atoms with Crippen LogP contribution in [0.5, 0.6) is 5.75 Å². The first-order valence-electron chi connectivity index (χ1n) is 7.27. The van der Waals surface area contributed by atoms with Crippen molar-refractivity contribution < 1.29 is 20.1 Å². The molecule has 0 spiro atoms. The number of fused-ring (bicyclic) bond motifs is 1. The van der Waals surface area contributed by atoms with Gasteiger partial charge in [-0.05, 0) is 17.7 Å². The van der Waals surface area contributed by atoms with Gasteiger partial charge >= 0.3 is 0 Å². The van der Waals surface area contributed by atoms with Crippen LogP contribution in [0.4, 0.5) is 0 Å². The molecule has 1 fully saturated rings. The van der Waals surface area contributed by atoms with Crippen LogP contribution in [0.2, 0.25) is 0 Å². The Morgan fingerprint density at radius 2 is 2.14 bits per heavy atom. The maximum Gasteiger partial charge on any atom is 0.129 e. The van der Waals surface area contributed by atoms with Gasteiger partial charge in [-0.15, -0.1) is 0 Å². The van der Waals surface area contributed by atoms with Crippen LogP contribution in [-0.2, 0) is 6.54 Å². The van der Waals surface area contributed by atoms with Crippen molar-refractivity contribution in [3.05, 3.63) is 36.0 Å². The maximum atomic E-state index is 9.91. The first-order chi connectivity index (χ1) is 10.7. The Labute approximate surface area is 128 Å². The zero-order valence-corrected chi connectivity index (χ0v) is 12.4. The monoisotopic (exact) mass is 304 g/mol. The van der Waals surface area contributed by atoms with Crippen LogP contribution in [0.15, 0.2) is 30.5 Å². The Morgan fingerprint density at radius 1 is 1.32 bits per heavy atom. The summed E-state index contributed by atoms with van der Waals surface area (Å²) in [6, 6.07) is 7.18. The van der Waals surface area contributed by atoms with E-state index in [1.165, 1.54) is 0 Å². The predicted molar refractivity (Wildman–Crippen MR) is 81.6 cm³/mol. The van der Waals surface area contributed by atoms with Gasteiger partial charge in [-0.3, -0.25) is 9.88 Å². The van der Waals surface area contributed by atoms with Crippen LogP contribution in [0.1, 0.15) is 5.56 Å². The van der Waals surface area contributed by atoms with Gasteiger partial charge in [0, 0.05) is 24.7 Å². The first kappa shape index (κ1) is 15.2. The number of β-amino-alcohol motifs (C(OH)–C–C–N with tert-alkyl or cyclic N) is 1. The summed E-state index contributed by atoms with van der Waals surface area (Å²) in [7, 11) is 1.62. The Hall–Kier alpha value is -1.73. The molecule has 1 saturated heterocycles. The largest absolute Gasteiger partial charge is 0.496 e. The summed E-state index contributed by atoms with van der Waals surface area (Å²) < 4.78 is 5.36. The number of likely N-dealkylation sites (tertiary alicyclic amines) is 1. The van der Waals surface area contributed by atoms with E-state index >= 15 is 0 Å². The lowest BCUT2D eigenvalue weighted by molar-refractivity contribution is 0.0210. The van der Waals surface area contributed by atoms with Gasteiger partial charge in [0.25, 0.3) is 0 Å². The van der Waals surface area contributed by atoms with Crippen LogP contribution < -0.4 is 4.74 Å². The van der Waals surface area contributed by atoms with Crippen LogP contribution >= 0.6 is 0 Å². The molecule has 3 atom stereocenters. The fraction of sp³-hybridized carbons (Fsp3) is 0.438. The van der Waals surface area contributed by atoms with Crippen molar-refractivity contribution in [2.75, 3.05) is 20.3 Å². The number of rotatable bonds is 4. The van der Waals surface area contributed by atoms with Crippen molar-refractivity contribution in [3.63, 3.8) is 0 Å². The predicted octanol–water partition coefficient (Wildman–Crippen LogP) is 0.142. The molecule has 0 saturated carbocycles. The second kappa shape index (κ2) is 6.18. The quantitative estimate of drug-likeness (QED) is 0.745. The van der Waals surface area contributed by atoms with E-state index in [0.29, 0.717) is 13.1 Å². The Morgan fingerprint density at radius 3 is 2.86 bits per heavy atom. The molecule has 1 aromatic heterocycles. The summed E-state index contributed by atoms with van der Waals surface area (Å²) in [5.41, 5.74) is 1.80. The molecule has 0 radical (unpaired) electrons. The fourth-order valence-electron chi connectivity index (χ4n) is 3.10. The first-order valence-corrected chi connectivity index (χ1v) is 7.27. The average molecular weight is 304 g/mol. The van der Waals surface area contributed by atoms with E-state index in [0.717, 1.165) is 22.2 Å². The van der Waals surface area contributed by atoms with Crippen molar-refractivity contribution >= 4 is 10.9 Å². The fourth-order valence-corrected chi connectivity index (χ4v) is 3.10. The van der Waals surface area contributed by atoms with Gasteiger partial charge < -0.3 is 20.1 Å². The minimum absolute atomic E-state index is 0.195. The highest BCUT2D eigenvalue weighted by molar-refractivity contribution is 5.87. The van der Waals surface area contributed by atoms with E-state index in [1.807, 2.05) is 29.2 Å². The number of hydrogen-bond acceptors (Lipinski definition) is 6. The van der Waals surface area contributed by atoms with E-state index in [2.05, 4.69) is 4.98 Å². The van der Waals surface area contributed by atoms with Gasteiger partial charge in [0.2, 0.25) is 0 Å². The number of benzene rings is 1. The lowest BCUT2D eigenvalue weighted by atomic mass is 10.1. The van der Waals surface area contributed by atoms with Crippen LogP contribution in [-0.4, -0.2) is 63.7 Å². The molecule has 6 heteroatoms. The number of nitrogens with zero attached hydrogens (tertiary/aromatic N) is 2. The van der Waals surface area contributed by atoms with Gasteiger partial charge in [-0.25, -0.2) is 0 Å². The summed E-state index contributed by atoms with van der Waals surface area (Å²) in [5, 5.41) is 30.1. The molecule has 22 heavy (non-hydrogen) atoms. The third-order valence-corrected chi connectivity index (χ3v) is 4.27. The molecule has 2 aromatic rings. The summed E-state index contributed by atoms with van der Waals surface area (Å²) in [4.78, 5) is 6.31. The third kappa shape index (κ3) is 2.55. The zero-order chi connectivity index (χ0) is 15.7. The van der Waals surface area contributed by atoms with E-state index in [-0.39, 0.29) is 6.61 Å². The van der Waals surface area contributed by atoms with Crippen molar-refractivity contribution in [1.29, 1.82) is 0 Å². The van der Waals surface area contributed by atoms with Crippen molar-refractivity contribution in [1.82, 2.24) is 9.88 Å². The minimum atomic E-state index is -0.928. The van der Waals surface area contributed by atoms with Crippen molar-refractivity contribution in [3.8, 4) is 5.75 Å². The topological polar surface area (TPSA) is 86.1 Å². The summed E-state index contributed by atoms with van der Waals surface area (Å²) in [6.45, 7) is 0.628. The molecular formula is C16H20N2O4. The number of aliphatic hydroxyl groups is 3. The highest BCUT2D eigenvalue weighted by atomic mass is 16.5. The standard InChI is InChI=1S/C16H20N2O4/c1-22-14-5-6-17-15-10(3-2-4-11(14)15)7-18-8-13(20)16(21)12(18)9-19/h2-6,12-13,16,19-21H,7-9H2,1H3/t12-,13+,16-/m1/s1. The van der Waals surface area contributed by atoms with Gasteiger partial charge in [-0.2, -0.15) is 0 Å². The lowest BCUT2D eigenvalue weighted by Gasteiger charge is -2.24. The number of pyridine rings is 1. The molecule has 1 aliphatic heterocycles. The molecule has 3 N–H and O–H groups in total. The van der Waals surface area contributed by atoms with Crippen LogP contribution in [0, 0.1) is 0 Å². The highest BCUT2D eigenvalue weighted by Gasteiger charge is 2.39. The zero-order valence-electron chi connectivity index (χ0n) is 12.4. The summed E-state index contributed by atoms with van der Waals surface area (Å²) >= 11 is 0. The van der Waals surface area contributed by atoms with E-state index in [1.54, 1.807) is 13.3 Å². The summed E-state index contributed by atoms with van der Waals surface area (Å²) in [5.74, 6) is 0.757. The molecule has 2 heterocycles. The van der Waals surface area contributed by atoms with Gasteiger partial charge in [-0.1, -0.05) is 12.1 Å². The average Bonchev–Trinajstić information content (AvgIpc) is 2.81. The molecule has 0 bridgehead atoms. The summed E-state index contributed by atoms with van der Waals surface area (Å²) in [6.07, 6.45) is -0.0703. The van der Waals surface area contributed by atoms with Gasteiger partial charge in [0.05, 0.1) is 37.5 Å². The molecule has 0 aliphatic carbocycles. The van der Waals surface area contributed by atoms with Crippen LogP contribution in [0.25, 0.3) is 10.9 Å². The molecule has 3 rings (SSSR count). The second-order valence-corrected chi connectivity index (χ2v) is 5.56. The van der Waals surface area contributed by atoms with E-state index in [4.69, 9.17) is 4.74 Å². The van der Waals surface area contributed by atoms with E-state index in [9.17, 15) is 15.3 Å². The van der Waals surface area contributed by atoms with Gasteiger partial charge in [0.15, 0.2) is 0 Å². The number of para-hydroxylation sites is 1. The van der Waals surface area contributed by atoms with Crippen molar-refractivity contribution in [2.45, 2.75) is 24.8 Å². The molecule has 6 nitrogen and oxygen atoms in total. The SMILES string of the molecule is COc1ccnc2c(CN3C[C@H](O)[C@H](O)[C@H]3CO)cccc12. The second-order valence-electron chi connectivity index (χ2n) is 5.56. The van der Waals surface area contributed by atoms with Crippen molar-refractivity contribution in [2.24, 2.45) is 0 Å². The number of aromatic nitrogens is 1. The molecule has 1 aliphatic rings. The number of aliphatic hydroxyl groups excluding tert-OH is 3. The Kier molecular flexibility index (Phi) is 4.26. The molecule has 0 amide bonds. The molecule has 118 valence electrons. The Balaban J connectivity index is 1.94. The van der Waals surface area contributed by atoms with Crippen LogP contribution in [0.3, 0.4) is 0 Å². The molecule has 1 aromatic carbocycles. The minimum Gasteiger partial charge on any atom is -0.496 e. The Bertz CT molecular complexity index is 664. The van der Waals surface area contributed by atoms with E-state index < -0.39 is 18.2 Å². The lowest BCUT2D eigenvalue weighted by Crippen LogP contribution is -2.38. The third-order valence-electron chi connectivity index (χ3n) is 4.27. The van der Waals surface area contributed by atoms with Gasteiger partial charge in [0.1, 0.15) is 5.75 Å². The number of hydrogen-bond donors (Lipinski definition) is 3.